The summed E-state index contributed by atoms with van der Waals surface area (Å²) in [5, 5.41) is 0. The first-order valence-corrected chi connectivity index (χ1v) is 1.46. The van der Waals surface area contributed by atoms with Crippen molar-refractivity contribution in [2.24, 2.45) is 0 Å². The van der Waals surface area contributed by atoms with Crippen LogP contribution in [0, 0.1) is 6.61 Å². The molecular formula is C4H7O. The van der Waals surface area contributed by atoms with Gasteiger partial charge in [0.1, 0.15) is 6.61 Å². The maximum Gasteiger partial charge on any atom is 0.131 e. The Balaban J connectivity index is 2.40. The van der Waals surface area contributed by atoms with Crippen molar-refractivity contribution in [2.45, 2.75) is 6.92 Å². The predicted octanol–water partition coefficient (Wildman–Crippen LogP) is 1.33. The molecule has 0 amide bonds. The van der Waals surface area contributed by atoms with Gasteiger partial charge in [-0.1, -0.05) is 6.58 Å². The van der Waals surface area contributed by atoms with Crippen molar-refractivity contribution in [2.75, 3.05) is 0 Å². The summed E-state index contributed by atoms with van der Waals surface area (Å²) < 4.78 is 4.47. The molecule has 0 heterocycles. The summed E-state index contributed by atoms with van der Waals surface area (Å²) in [4.78, 5) is 0. The first-order valence-electron chi connectivity index (χ1n) is 1.46. The van der Waals surface area contributed by atoms with Gasteiger partial charge in [0.2, 0.25) is 0 Å². The Kier molecular flexibility index (Phi) is 3.21. The fourth-order valence-corrected chi connectivity index (χ4v) is 0.0962. The summed E-state index contributed by atoms with van der Waals surface area (Å²) in [6.45, 7) is 6.65. The van der Waals surface area contributed by atoms with Gasteiger partial charge in [0.25, 0.3) is 0 Å². The van der Waals surface area contributed by atoms with Crippen molar-refractivity contribution in [3.05, 3.63) is 19.4 Å². The fraction of sp³-hybridized carbons (Fsp3) is 0.250. The lowest BCUT2D eigenvalue weighted by molar-refractivity contribution is 0.343. The molecule has 0 aliphatic carbocycles. The third-order valence-electron chi connectivity index (χ3n) is 0.232. The van der Waals surface area contributed by atoms with Crippen LogP contribution in [0.3, 0.4) is 0 Å². The largest absolute Gasteiger partial charge is 0.495 e. The van der Waals surface area contributed by atoms with Crippen LogP contribution < -0.4 is 0 Å². The number of hydrogen-bond acceptors (Lipinski definition) is 1. The minimum Gasteiger partial charge on any atom is -0.495 e. The second-order valence-corrected chi connectivity index (χ2v) is 0.538. The third-order valence-corrected chi connectivity index (χ3v) is 0.232. The Hall–Kier alpha value is -0.460. The molecule has 0 aromatic heterocycles. The van der Waals surface area contributed by atoms with Crippen LogP contribution in [0.15, 0.2) is 12.8 Å². The van der Waals surface area contributed by atoms with Crippen molar-refractivity contribution in [1.29, 1.82) is 0 Å². The number of rotatable bonds is 2. The molecule has 0 N–H and O–H groups in total. The van der Waals surface area contributed by atoms with E-state index in [9.17, 15) is 0 Å². The molecule has 0 atom stereocenters. The molecule has 0 aliphatic heterocycles. The summed E-state index contributed by atoms with van der Waals surface area (Å²) in [5.74, 6) is 0. The van der Waals surface area contributed by atoms with Crippen molar-refractivity contribution in [3.8, 4) is 0 Å². The molecule has 0 unspecified atom stereocenters. The first-order chi connectivity index (χ1) is 2.41. The molecule has 1 nitrogen and oxygen atoms in total. The Morgan fingerprint density at radius 3 is 2.40 bits per heavy atom. The number of ether oxygens (including phenoxy) is 1. The highest BCUT2D eigenvalue weighted by molar-refractivity contribution is 4.50. The van der Waals surface area contributed by atoms with Crippen LogP contribution in [0.4, 0.5) is 0 Å². The zero-order valence-corrected chi connectivity index (χ0v) is 3.27. The molecule has 0 aromatic rings. The van der Waals surface area contributed by atoms with Crippen LogP contribution in [0.2, 0.25) is 0 Å². The van der Waals surface area contributed by atoms with Gasteiger partial charge in [0, 0.05) is 0 Å². The van der Waals surface area contributed by atoms with Gasteiger partial charge in [-0.25, -0.2) is 0 Å². The highest BCUT2D eigenvalue weighted by Crippen LogP contribution is 1.73. The summed E-state index contributed by atoms with van der Waals surface area (Å²) >= 11 is 0. The zero-order valence-electron chi connectivity index (χ0n) is 3.27. The van der Waals surface area contributed by atoms with E-state index in [1.165, 1.54) is 6.26 Å². The van der Waals surface area contributed by atoms with Crippen LogP contribution in [0.25, 0.3) is 0 Å². The van der Waals surface area contributed by atoms with E-state index in [1.807, 2.05) is 0 Å². The van der Waals surface area contributed by atoms with Gasteiger partial charge in [-0.3, -0.25) is 0 Å². The Morgan fingerprint density at radius 1 is 1.80 bits per heavy atom. The smallest absolute Gasteiger partial charge is 0.131 e. The fourth-order valence-electron chi connectivity index (χ4n) is 0.0962. The average Bonchev–Trinajstić information content (AvgIpc) is 1.41. The van der Waals surface area contributed by atoms with E-state index in [2.05, 4.69) is 11.3 Å². The zero-order chi connectivity index (χ0) is 4.12. The van der Waals surface area contributed by atoms with Gasteiger partial charge in [-0.15, -0.1) is 0 Å². The Morgan fingerprint density at radius 2 is 2.40 bits per heavy atom. The summed E-state index contributed by atoms with van der Waals surface area (Å²) in [6.07, 6.45) is 1.38. The molecule has 0 rings (SSSR count). The van der Waals surface area contributed by atoms with E-state index in [0.29, 0.717) is 0 Å². The minimum absolute atomic E-state index is 1.38. The topological polar surface area (TPSA) is 9.23 Å². The van der Waals surface area contributed by atoms with Crippen molar-refractivity contribution >= 4 is 0 Å². The molecule has 29 valence electrons. The van der Waals surface area contributed by atoms with E-state index in [-0.39, 0.29) is 0 Å². The molecule has 0 fully saturated rings. The number of hydrogen-bond donors (Lipinski definition) is 0. The quantitative estimate of drug-likeness (QED) is 0.446. The van der Waals surface area contributed by atoms with E-state index in [1.54, 1.807) is 13.5 Å². The molecule has 0 bridgehead atoms. The maximum absolute atomic E-state index is 4.47. The van der Waals surface area contributed by atoms with Gasteiger partial charge in [0.15, 0.2) is 0 Å². The lowest BCUT2D eigenvalue weighted by Gasteiger charge is -1.83. The summed E-state index contributed by atoms with van der Waals surface area (Å²) in [7, 11) is 0. The predicted molar refractivity (Wildman–Crippen MR) is 21.3 cm³/mol. The van der Waals surface area contributed by atoms with Crippen LogP contribution in [0.1, 0.15) is 6.92 Å². The standard InChI is InChI=1S/C4H7O/c1-3-5-4-2/h3-4H,1H2,2H3. The SMILES string of the molecule is C=CO[CH]C. The molecule has 5 heavy (non-hydrogen) atoms. The highest BCUT2D eigenvalue weighted by atomic mass is 16.5. The van der Waals surface area contributed by atoms with E-state index >= 15 is 0 Å². The van der Waals surface area contributed by atoms with Crippen molar-refractivity contribution in [3.63, 3.8) is 0 Å². The first kappa shape index (κ1) is 4.54. The van der Waals surface area contributed by atoms with E-state index < -0.39 is 0 Å². The molecule has 0 aromatic carbocycles. The van der Waals surface area contributed by atoms with Crippen LogP contribution >= 0.6 is 0 Å². The molecule has 0 saturated heterocycles. The van der Waals surface area contributed by atoms with Gasteiger partial charge in [-0.2, -0.15) is 0 Å². The maximum atomic E-state index is 4.47. The van der Waals surface area contributed by atoms with E-state index in [0.717, 1.165) is 0 Å². The van der Waals surface area contributed by atoms with E-state index in [4.69, 9.17) is 0 Å². The second-order valence-electron chi connectivity index (χ2n) is 0.538. The van der Waals surface area contributed by atoms with Crippen LogP contribution in [-0.4, -0.2) is 0 Å². The molecular weight excluding hydrogens is 64.0 g/mol. The third kappa shape index (κ3) is 3.54. The average molecular weight is 71.1 g/mol. The normalized spacial score (nSPS) is 6.60. The Bertz CT molecular complexity index is 24.8. The van der Waals surface area contributed by atoms with Gasteiger partial charge >= 0.3 is 0 Å². The van der Waals surface area contributed by atoms with Gasteiger partial charge < -0.3 is 4.74 Å². The molecule has 1 radical (unpaired) electrons. The monoisotopic (exact) mass is 71.0 g/mol. The lowest BCUT2D eigenvalue weighted by Crippen LogP contribution is -1.62. The van der Waals surface area contributed by atoms with Crippen LogP contribution in [-0.2, 0) is 4.74 Å². The van der Waals surface area contributed by atoms with Gasteiger partial charge in [-0.05, 0) is 6.92 Å². The molecule has 1 heteroatoms. The second kappa shape index (κ2) is 3.54. The molecule has 0 aliphatic rings. The molecule has 0 saturated carbocycles. The van der Waals surface area contributed by atoms with Crippen molar-refractivity contribution in [1.82, 2.24) is 0 Å². The highest BCUT2D eigenvalue weighted by Gasteiger charge is 1.57. The summed E-state index contributed by atoms with van der Waals surface area (Å²) in [5.41, 5.74) is 0. The lowest BCUT2D eigenvalue weighted by atomic mass is 10.9. The van der Waals surface area contributed by atoms with Gasteiger partial charge in [0.05, 0.1) is 6.26 Å². The summed E-state index contributed by atoms with van der Waals surface area (Å²) in [6, 6.07) is 0. The molecule has 0 spiro atoms. The minimum atomic E-state index is 1.38. The Labute approximate surface area is 32.3 Å². The van der Waals surface area contributed by atoms with Crippen molar-refractivity contribution < 1.29 is 4.74 Å². The van der Waals surface area contributed by atoms with Crippen LogP contribution in [0.5, 0.6) is 0 Å².